The number of ether oxygens (including phenoxy) is 1. The molecular formula is C16H24N4O3S. The van der Waals surface area contributed by atoms with Gasteiger partial charge in [0.15, 0.2) is 15.8 Å². The molecule has 1 aliphatic carbocycles. The van der Waals surface area contributed by atoms with Gasteiger partial charge in [-0.05, 0) is 36.8 Å². The number of pyridine rings is 1. The van der Waals surface area contributed by atoms with Crippen LogP contribution in [-0.2, 0) is 16.4 Å². The van der Waals surface area contributed by atoms with Gasteiger partial charge in [0.25, 0.3) is 0 Å². The molecule has 8 heteroatoms. The smallest absolute Gasteiger partial charge is 0.213 e. The molecule has 1 aromatic heterocycles. The monoisotopic (exact) mass is 352 g/mol. The van der Waals surface area contributed by atoms with Gasteiger partial charge >= 0.3 is 0 Å². The third-order valence-corrected chi connectivity index (χ3v) is 5.99. The molecule has 0 bridgehead atoms. The Morgan fingerprint density at radius 3 is 2.92 bits per heavy atom. The first kappa shape index (κ1) is 17.0. The summed E-state index contributed by atoms with van der Waals surface area (Å²) < 4.78 is 28.7. The summed E-state index contributed by atoms with van der Waals surface area (Å²) in [6.45, 7) is 1.31. The van der Waals surface area contributed by atoms with Gasteiger partial charge in [0, 0.05) is 31.9 Å². The summed E-state index contributed by atoms with van der Waals surface area (Å²) in [7, 11) is -1.22. The fourth-order valence-electron chi connectivity index (χ4n) is 2.61. The summed E-state index contributed by atoms with van der Waals surface area (Å²) in [5.41, 5.74) is 1.04. The molecule has 1 saturated carbocycles. The predicted molar refractivity (Wildman–Crippen MR) is 92.8 cm³/mol. The number of aliphatic imine (C=N–C) groups is 1. The highest BCUT2D eigenvalue weighted by Gasteiger charge is 2.28. The Bertz CT molecular complexity index is 701. The van der Waals surface area contributed by atoms with E-state index in [2.05, 4.69) is 20.6 Å². The van der Waals surface area contributed by atoms with Crippen molar-refractivity contribution in [2.45, 2.75) is 31.8 Å². The van der Waals surface area contributed by atoms with E-state index in [1.54, 1.807) is 13.2 Å². The van der Waals surface area contributed by atoms with Crippen molar-refractivity contribution in [1.29, 1.82) is 0 Å². The second kappa shape index (κ2) is 7.38. The van der Waals surface area contributed by atoms with E-state index in [4.69, 9.17) is 4.74 Å². The molecule has 0 radical (unpaired) electrons. The first-order valence-corrected chi connectivity index (χ1v) is 10.1. The van der Waals surface area contributed by atoms with Gasteiger partial charge < -0.3 is 15.4 Å². The summed E-state index contributed by atoms with van der Waals surface area (Å²) in [6, 6.07) is 3.77. The van der Waals surface area contributed by atoms with Crippen LogP contribution in [-0.4, -0.2) is 50.6 Å². The molecule has 132 valence electrons. The van der Waals surface area contributed by atoms with E-state index in [0.29, 0.717) is 30.7 Å². The number of nitrogens with one attached hydrogen (secondary N) is 2. The molecule has 0 amide bonds. The molecule has 3 rings (SSSR count). The first-order valence-electron chi connectivity index (χ1n) is 8.29. The minimum atomic E-state index is -2.90. The van der Waals surface area contributed by atoms with Crippen molar-refractivity contribution in [3.8, 4) is 5.88 Å². The number of guanidine groups is 1. The van der Waals surface area contributed by atoms with Crippen LogP contribution in [0.25, 0.3) is 0 Å². The SMILES string of the molecule is CN=C(NCc1ccnc(OCC2CC2)c1)NC1CCS(=O)(=O)C1. The zero-order valence-electron chi connectivity index (χ0n) is 13.9. The number of hydrogen-bond donors (Lipinski definition) is 2. The van der Waals surface area contributed by atoms with Crippen molar-refractivity contribution in [1.82, 2.24) is 15.6 Å². The molecule has 24 heavy (non-hydrogen) atoms. The highest BCUT2D eigenvalue weighted by molar-refractivity contribution is 7.91. The molecule has 2 heterocycles. The minimum absolute atomic E-state index is 0.0731. The van der Waals surface area contributed by atoms with Crippen LogP contribution in [0.5, 0.6) is 5.88 Å². The van der Waals surface area contributed by atoms with Crippen molar-refractivity contribution in [3.05, 3.63) is 23.9 Å². The number of rotatable bonds is 6. The molecule has 1 saturated heterocycles. The third kappa shape index (κ3) is 5.09. The zero-order chi connectivity index (χ0) is 17.0. The van der Waals surface area contributed by atoms with Gasteiger partial charge in [-0.25, -0.2) is 13.4 Å². The lowest BCUT2D eigenvalue weighted by molar-refractivity contribution is 0.288. The molecule has 7 nitrogen and oxygen atoms in total. The maximum Gasteiger partial charge on any atom is 0.213 e. The summed E-state index contributed by atoms with van der Waals surface area (Å²) >= 11 is 0. The van der Waals surface area contributed by atoms with Crippen LogP contribution in [0.15, 0.2) is 23.3 Å². The van der Waals surface area contributed by atoms with Crippen LogP contribution in [0.3, 0.4) is 0 Å². The van der Waals surface area contributed by atoms with E-state index in [9.17, 15) is 8.42 Å². The third-order valence-electron chi connectivity index (χ3n) is 4.22. The van der Waals surface area contributed by atoms with Gasteiger partial charge in [0.05, 0.1) is 18.1 Å². The van der Waals surface area contributed by atoms with Gasteiger partial charge in [-0.2, -0.15) is 0 Å². The topological polar surface area (TPSA) is 92.7 Å². The summed E-state index contributed by atoms with van der Waals surface area (Å²) in [4.78, 5) is 8.38. The molecule has 0 spiro atoms. The highest BCUT2D eigenvalue weighted by Crippen LogP contribution is 2.29. The van der Waals surface area contributed by atoms with Crippen molar-refractivity contribution in [2.75, 3.05) is 25.2 Å². The lowest BCUT2D eigenvalue weighted by Gasteiger charge is -2.16. The Labute approximate surface area is 142 Å². The van der Waals surface area contributed by atoms with E-state index >= 15 is 0 Å². The Balaban J connectivity index is 1.49. The molecule has 1 atom stereocenters. The van der Waals surface area contributed by atoms with Gasteiger partial charge in [-0.3, -0.25) is 4.99 Å². The lowest BCUT2D eigenvalue weighted by Crippen LogP contribution is -2.43. The maximum atomic E-state index is 11.5. The largest absolute Gasteiger partial charge is 0.477 e. The van der Waals surface area contributed by atoms with Crippen molar-refractivity contribution in [3.63, 3.8) is 0 Å². The molecular weight excluding hydrogens is 328 g/mol. The van der Waals surface area contributed by atoms with Crippen LogP contribution in [0, 0.1) is 5.92 Å². The molecule has 1 aliphatic heterocycles. The normalized spacial score (nSPS) is 23.0. The summed E-state index contributed by atoms with van der Waals surface area (Å²) in [5.74, 6) is 2.36. The minimum Gasteiger partial charge on any atom is -0.477 e. The number of nitrogens with zero attached hydrogens (tertiary/aromatic N) is 2. The maximum absolute atomic E-state index is 11.5. The summed E-state index contributed by atoms with van der Waals surface area (Å²) in [5, 5.41) is 6.37. The molecule has 2 aliphatic rings. The van der Waals surface area contributed by atoms with E-state index in [1.807, 2.05) is 12.1 Å². The van der Waals surface area contributed by atoms with Crippen molar-refractivity contribution < 1.29 is 13.2 Å². The van der Waals surface area contributed by atoms with Crippen LogP contribution >= 0.6 is 0 Å². The fourth-order valence-corrected chi connectivity index (χ4v) is 4.28. The fraction of sp³-hybridized carbons (Fsp3) is 0.625. The Kier molecular flexibility index (Phi) is 5.23. The van der Waals surface area contributed by atoms with Crippen molar-refractivity contribution >= 4 is 15.8 Å². The van der Waals surface area contributed by atoms with Crippen LogP contribution in [0.2, 0.25) is 0 Å². The van der Waals surface area contributed by atoms with Crippen molar-refractivity contribution in [2.24, 2.45) is 10.9 Å². The van der Waals surface area contributed by atoms with E-state index in [1.165, 1.54) is 12.8 Å². The Morgan fingerprint density at radius 2 is 2.25 bits per heavy atom. The average molecular weight is 352 g/mol. The first-order chi connectivity index (χ1) is 11.5. The molecule has 0 aromatic carbocycles. The predicted octanol–water partition coefficient (Wildman–Crippen LogP) is 0.723. The molecule has 1 aromatic rings. The Hall–Kier alpha value is -1.83. The number of hydrogen-bond acceptors (Lipinski definition) is 5. The average Bonchev–Trinajstić information content (AvgIpc) is 3.33. The molecule has 2 N–H and O–H groups in total. The van der Waals surface area contributed by atoms with Gasteiger partial charge in [-0.15, -0.1) is 0 Å². The highest BCUT2D eigenvalue weighted by atomic mass is 32.2. The van der Waals surface area contributed by atoms with Crippen LogP contribution < -0.4 is 15.4 Å². The lowest BCUT2D eigenvalue weighted by atomic mass is 10.2. The second-order valence-corrected chi connectivity index (χ2v) is 8.66. The van der Waals surface area contributed by atoms with E-state index in [-0.39, 0.29) is 17.5 Å². The van der Waals surface area contributed by atoms with Crippen LogP contribution in [0.4, 0.5) is 0 Å². The van der Waals surface area contributed by atoms with Gasteiger partial charge in [0.1, 0.15) is 0 Å². The molecule has 1 unspecified atom stereocenters. The Morgan fingerprint density at radius 1 is 1.42 bits per heavy atom. The van der Waals surface area contributed by atoms with Gasteiger partial charge in [0.2, 0.25) is 5.88 Å². The summed E-state index contributed by atoms with van der Waals surface area (Å²) in [6.07, 6.45) is 4.86. The quantitative estimate of drug-likeness (QED) is 0.579. The standard InChI is InChI=1S/C16H24N4O3S/c1-17-16(20-14-5-7-24(21,22)11-14)19-9-13-4-6-18-15(8-13)23-10-12-2-3-12/h4,6,8,12,14H,2-3,5,7,9-11H2,1H3,(H2,17,19,20). The van der Waals surface area contributed by atoms with E-state index in [0.717, 1.165) is 12.2 Å². The second-order valence-electron chi connectivity index (χ2n) is 6.43. The van der Waals surface area contributed by atoms with E-state index < -0.39 is 9.84 Å². The molecule has 2 fully saturated rings. The zero-order valence-corrected chi connectivity index (χ0v) is 14.7. The number of sulfone groups is 1. The van der Waals surface area contributed by atoms with Crippen LogP contribution in [0.1, 0.15) is 24.8 Å². The van der Waals surface area contributed by atoms with Gasteiger partial charge in [-0.1, -0.05) is 0 Å². The number of aromatic nitrogens is 1.